The Labute approximate surface area is 101 Å². The Bertz CT molecular complexity index is 175. The standard InChI is InChI=1S/C13H28N2O/c1-4-12-11-15(8-6-10-16-3)9-7-13(12)14-5-2/h12-14H,4-11H2,1-3H3. The fourth-order valence-electron chi connectivity index (χ4n) is 2.69. The van der Waals surface area contributed by atoms with E-state index in [0.29, 0.717) is 0 Å². The summed E-state index contributed by atoms with van der Waals surface area (Å²) in [6.45, 7) is 10.2. The minimum atomic E-state index is 0.744. The molecule has 0 amide bonds. The van der Waals surface area contributed by atoms with Gasteiger partial charge in [-0.2, -0.15) is 0 Å². The van der Waals surface area contributed by atoms with Crippen molar-refractivity contribution in [2.75, 3.05) is 39.9 Å². The van der Waals surface area contributed by atoms with Crippen molar-refractivity contribution in [3.8, 4) is 0 Å². The Hall–Kier alpha value is -0.120. The first kappa shape index (κ1) is 13.9. The molecule has 16 heavy (non-hydrogen) atoms. The molecule has 0 aliphatic carbocycles. The van der Waals surface area contributed by atoms with Gasteiger partial charge in [0.15, 0.2) is 0 Å². The van der Waals surface area contributed by atoms with Crippen LogP contribution in [-0.2, 0) is 4.74 Å². The zero-order valence-electron chi connectivity index (χ0n) is 11.2. The zero-order chi connectivity index (χ0) is 11.8. The average molecular weight is 228 g/mol. The number of rotatable bonds is 7. The smallest absolute Gasteiger partial charge is 0.0474 e. The van der Waals surface area contributed by atoms with Crippen LogP contribution in [0.4, 0.5) is 0 Å². The summed E-state index contributed by atoms with van der Waals surface area (Å²) in [7, 11) is 1.78. The van der Waals surface area contributed by atoms with E-state index in [4.69, 9.17) is 4.74 Å². The first-order valence-electron chi connectivity index (χ1n) is 6.76. The van der Waals surface area contributed by atoms with Crippen molar-refractivity contribution >= 4 is 0 Å². The fourth-order valence-corrected chi connectivity index (χ4v) is 2.69. The molecule has 1 heterocycles. The summed E-state index contributed by atoms with van der Waals surface area (Å²) >= 11 is 0. The molecule has 1 N–H and O–H groups in total. The number of ether oxygens (including phenoxy) is 1. The predicted octanol–water partition coefficient (Wildman–Crippen LogP) is 1.73. The van der Waals surface area contributed by atoms with Crippen LogP contribution in [0.1, 0.15) is 33.1 Å². The predicted molar refractivity (Wildman–Crippen MR) is 68.8 cm³/mol. The van der Waals surface area contributed by atoms with Crippen molar-refractivity contribution in [2.24, 2.45) is 5.92 Å². The molecule has 0 spiro atoms. The highest BCUT2D eigenvalue weighted by molar-refractivity contribution is 4.84. The van der Waals surface area contributed by atoms with Gasteiger partial charge in [0, 0.05) is 32.8 Å². The minimum absolute atomic E-state index is 0.744. The monoisotopic (exact) mass is 228 g/mol. The van der Waals surface area contributed by atoms with Crippen molar-refractivity contribution < 1.29 is 4.74 Å². The van der Waals surface area contributed by atoms with Crippen molar-refractivity contribution in [3.63, 3.8) is 0 Å². The molecule has 0 bridgehead atoms. The quantitative estimate of drug-likeness (QED) is 0.672. The molecule has 1 fully saturated rings. The van der Waals surface area contributed by atoms with Crippen LogP contribution >= 0.6 is 0 Å². The third-order valence-electron chi connectivity index (χ3n) is 3.63. The van der Waals surface area contributed by atoms with E-state index in [9.17, 15) is 0 Å². The maximum atomic E-state index is 5.11. The highest BCUT2D eigenvalue weighted by Gasteiger charge is 2.26. The van der Waals surface area contributed by atoms with Crippen molar-refractivity contribution in [2.45, 2.75) is 39.2 Å². The highest BCUT2D eigenvalue weighted by atomic mass is 16.5. The lowest BCUT2D eigenvalue weighted by Crippen LogP contribution is -2.49. The minimum Gasteiger partial charge on any atom is -0.385 e. The van der Waals surface area contributed by atoms with Crippen LogP contribution in [-0.4, -0.2) is 50.8 Å². The summed E-state index contributed by atoms with van der Waals surface area (Å²) in [4.78, 5) is 2.60. The molecule has 0 aromatic rings. The van der Waals surface area contributed by atoms with Gasteiger partial charge < -0.3 is 15.0 Å². The molecule has 0 saturated carbocycles. The summed E-state index contributed by atoms with van der Waals surface area (Å²) in [6.07, 6.45) is 3.76. The second-order valence-corrected chi connectivity index (χ2v) is 4.77. The summed E-state index contributed by atoms with van der Waals surface area (Å²) in [5.74, 6) is 0.830. The fraction of sp³-hybridized carbons (Fsp3) is 1.00. The molecule has 0 aromatic carbocycles. The van der Waals surface area contributed by atoms with Crippen LogP contribution in [0.15, 0.2) is 0 Å². The van der Waals surface area contributed by atoms with Crippen LogP contribution in [0, 0.1) is 5.92 Å². The molecular weight excluding hydrogens is 200 g/mol. The lowest BCUT2D eigenvalue weighted by Gasteiger charge is -2.38. The molecular formula is C13H28N2O. The van der Waals surface area contributed by atoms with Gasteiger partial charge in [0.1, 0.15) is 0 Å². The van der Waals surface area contributed by atoms with Crippen molar-refractivity contribution in [1.82, 2.24) is 10.2 Å². The van der Waals surface area contributed by atoms with Gasteiger partial charge in [-0.3, -0.25) is 0 Å². The molecule has 3 nitrogen and oxygen atoms in total. The van der Waals surface area contributed by atoms with E-state index in [1.54, 1.807) is 7.11 Å². The molecule has 96 valence electrons. The van der Waals surface area contributed by atoms with E-state index < -0.39 is 0 Å². The first-order chi connectivity index (χ1) is 7.81. The Kier molecular flexibility index (Phi) is 7.01. The van der Waals surface area contributed by atoms with Gasteiger partial charge in [0.2, 0.25) is 0 Å². The lowest BCUT2D eigenvalue weighted by molar-refractivity contribution is 0.118. The molecule has 1 aliphatic heterocycles. The SMILES string of the molecule is CCNC1CCN(CCCOC)CC1CC. The van der Waals surface area contributed by atoms with Crippen molar-refractivity contribution in [1.29, 1.82) is 0 Å². The van der Waals surface area contributed by atoms with E-state index in [1.807, 2.05) is 0 Å². The summed E-state index contributed by atoms with van der Waals surface area (Å²) < 4.78 is 5.11. The van der Waals surface area contributed by atoms with E-state index in [-0.39, 0.29) is 0 Å². The Morgan fingerprint density at radius 3 is 2.81 bits per heavy atom. The number of methoxy groups -OCH3 is 1. The molecule has 0 radical (unpaired) electrons. The maximum Gasteiger partial charge on any atom is 0.0474 e. The molecule has 1 saturated heterocycles. The van der Waals surface area contributed by atoms with E-state index in [2.05, 4.69) is 24.1 Å². The van der Waals surface area contributed by atoms with Gasteiger partial charge >= 0.3 is 0 Å². The number of nitrogens with one attached hydrogen (secondary N) is 1. The number of hydrogen-bond acceptors (Lipinski definition) is 3. The van der Waals surface area contributed by atoms with Gasteiger partial charge in [-0.05, 0) is 31.8 Å². The van der Waals surface area contributed by atoms with Gasteiger partial charge in [-0.1, -0.05) is 20.3 Å². The third kappa shape index (κ3) is 4.40. The topological polar surface area (TPSA) is 24.5 Å². The van der Waals surface area contributed by atoms with Crippen LogP contribution in [0.25, 0.3) is 0 Å². The van der Waals surface area contributed by atoms with E-state index in [0.717, 1.165) is 25.1 Å². The highest BCUT2D eigenvalue weighted by Crippen LogP contribution is 2.20. The van der Waals surface area contributed by atoms with E-state index in [1.165, 1.54) is 38.9 Å². The van der Waals surface area contributed by atoms with Crippen LogP contribution < -0.4 is 5.32 Å². The summed E-state index contributed by atoms with van der Waals surface area (Å²) in [6, 6.07) is 0.744. The molecule has 2 unspecified atom stereocenters. The summed E-state index contributed by atoms with van der Waals surface area (Å²) in [5, 5.41) is 3.62. The average Bonchev–Trinajstić information content (AvgIpc) is 2.31. The Balaban J connectivity index is 2.28. The van der Waals surface area contributed by atoms with Gasteiger partial charge in [0.25, 0.3) is 0 Å². The maximum absolute atomic E-state index is 5.11. The van der Waals surface area contributed by atoms with Gasteiger partial charge in [0.05, 0.1) is 0 Å². The summed E-state index contributed by atoms with van der Waals surface area (Å²) in [5.41, 5.74) is 0. The molecule has 2 atom stereocenters. The van der Waals surface area contributed by atoms with Crippen LogP contribution in [0.5, 0.6) is 0 Å². The Morgan fingerprint density at radius 1 is 1.38 bits per heavy atom. The van der Waals surface area contributed by atoms with Gasteiger partial charge in [-0.25, -0.2) is 0 Å². The van der Waals surface area contributed by atoms with Gasteiger partial charge in [-0.15, -0.1) is 0 Å². The molecule has 3 heteroatoms. The normalized spacial score (nSPS) is 27.2. The number of piperidine rings is 1. The van der Waals surface area contributed by atoms with Crippen molar-refractivity contribution in [3.05, 3.63) is 0 Å². The van der Waals surface area contributed by atoms with Crippen LogP contribution in [0.2, 0.25) is 0 Å². The lowest BCUT2D eigenvalue weighted by atomic mass is 9.90. The molecule has 0 aromatic heterocycles. The first-order valence-corrected chi connectivity index (χ1v) is 6.76. The number of hydrogen-bond donors (Lipinski definition) is 1. The molecule has 1 rings (SSSR count). The number of nitrogens with zero attached hydrogens (tertiary/aromatic N) is 1. The third-order valence-corrected chi connectivity index (χ3v) is 3.63. The van der Waals surface area contributed by atoms with E-state index >= 15 is 0 Å². The number of likely N-dealkylation sites (tertiary alicyclic amines) is 1. The molecule has 1 aliphatic rings. The largest absolute Gasteiger partial charge is 0.385 e. The van der Waals surface area contributed by atoms with Crippen LogP contribution in [0.3, 0.4) is 0 Å². The Morgan fingerprint density at radius 2 is 2.19 bits per heavy atom. The zero-order valence-corrected chi connectivity index (χ0v) is 11.2. The second-order valence-electron chi connectivity index (χ2n) is 4.77. The second kappa shape index (κ2) is 8.04.